The summed E-state index contributed by atoms with van der Waals surface area (Å²) in [6, 6.07) is 0.555. The fraction of sp³-hybridized carbons (Fsp3) is 0.923. The van der Waals surface area contributed by atoms with Crippen molar-refractivity contribution in [1.29, 1.82) is 0 Å². The molecule has 0 aliphatic heterocycles. The topological polar surface area (TPSA) is 20.3 Å². The minimum Gasteiger partial charge on any atom is -0.298 e. The molecule has 88 valence electrons. The van der Waals surface area contributed by atoms with Gasteiger partial charge in [0.05, 0.1) is 6.54 Å². The monoisotopic (exact) mass is 211 g/mol. The van der Waals surface area contributed by atoms with Crippen molar-refractivity contribution in [3.8, 4) is 0 Å². The summed E-state index contributed by atoms with van der Waals surface area (Å²) in [5.41, 5.74) is 0. The van der Waals surface area contributed by atoms with E-state index in [0.717, 1.165) is 25.8 Å². The van der Waals surface area contributed by atoms with Crippen LogP contribution >= 0.6 is 0 Å². The second-order valence-corrected chi connectivity index (χ2v) is 4.82. The Bertz CT molecular complexity index is 199. The fourth-order valence-corrected chi connectivity index (χ4v) is 1.81. The summed E-state index contributed by atoms with van der Waals surface area (Å²) in [4.78, 5) is 14.1. The molecule has 0 N–H and O–H groups in total. The first-order valence-electron chi connectivity index (χ1n) is 6.45. The van der Waals surface area contributed by atoms with Gasteiger partial charge in [-0.1, -0.05) is 20.3 Å². The van der Waals surface area contributed by atoms with Crippen LogP contribution in [0.4, 0.5) is 0 Å². The molecule has 0 amide bonds. The molecule has 2 nitrogen and oxygen atoms in total. The van der Waals surface area contributed by atoms with E-state index < -0.39 is 0 Å². The number of ketones is 1. The van der Waals surface area contributed by atoms with E-state index in [1.54, 1.807) is 0 Å². The summed E-state index contributed by atoms with van der Waals surface area (Å²) in [5.74, 6) is 0.893. The predicted molar refractivity (Wildman–Crippen MR) is 64.0 cm³/mol. The Morgan fingerprint density at radius 2 is 2.07 bits per heavy atom. The molecule has 1 fully saturated rings. The summed E-state index contributed by atoms with van der Waals surface area (Å²) in [7, 11) is 0. The Morgan fingerprint density at radius 1 is 1.40 bits per heavy atom. The standard InChI is InChI=1S/C13H25NO/c1-4-6-9-14(11(3)5-2)10-13(15)12-7-8-12/h11-12H,4-10H2,1-3H3. The van der Waals surface area contributed by atoms with Crippen LogP contribution in [-0.2, 0) is 4.79 Å². The first-order valence-corrected chi connectivity index (χ1v) is 6.45. The number of rotatable bonds is 8. The minimum atomic E-state index is 0.415. The molecular formula is C13H25NO. The van der Waals surface area contributed by atoms with Crippen LogP contribution in [0, 0.1) is 5.92 Å². The lowest BCUT2D eigenvalue weighted by Gasteiger charge is -2.27. The van der Waals surface area contributed by atoms with Gasteiger partial charge >= 0.3 is 0 Å². The summed E-state index contributed by atoms with van der Waals surface area (Å²) in [5, 5.41) is 0. The van der Waals surface area contributed by atoms with Crippen LogP contribution in [0.5, 0.6) is 0 Å². The smallest absolute Gasteiger partial charge is 0.149 e. The highest BCUT2D eigenvalue weighted by molar-refractivity contribution is 5.85. The van der Waals surface area contributed by atoms with Gasteiger partial charge in [-0.2, -0.15) is 0 Å². The van der Waals surface area contributed by atoms with Crippen molar-refractivity contribution in [2.75, 3.05) is 13.1 Å². The van der Waals surface area contributed by atoms with Crippen molar-refractivity contribution >= 4 is 5.78 Å². The molecular weight excluding hydrogens is 186 g/mol. The second kappa shape index (κ2) is 6.26. The van der Waals surface area contributed by atoms with Crippen molar-refractivity contribution in [3.05, 3.63) is 0 Å². The number of carbonyl (C=O) groups is 1. The Kier molecular flexibility index (Phi) is 5.30. The third kappa shape index (κ3) is 4.33. The van der Waals surface area contributed by atoms with E-state index in [9.17, 15) is 4.79 Å². The Labute approximate surface area is 94.0 Å². The zero-order chi connectivity index (χ0) is 11.3. The first-order chi connectivity index (χ1) is 7.19. The molecule has 0 saturated heterocycles. The summed E-state index contributed by atoms with van der Waals surface area (Å²) in [6.45, 7) is 8.42. The quantitative estimate of drug-likeness (QED) is 0.615. The number of nitrogens with zero attached hydrogens (tertiary/aromatic N) is 1. The maximum atomic E-state index is 11.8. The van der Waals surface area contributed by atoms with Gasteiger partial charge in [-0.05, 0) is 39.2 Å². The Morgan fingerprint density at radius 3 is 2.53 bits per heavy atom. The molecule has 0 aromatic carbocycles. The van der Waals surface area contributed by atoms with E-state index in [-0.39, 0.29) is 0 Å². The van der Waals surface area contributed by atoms with Crippen molar-refractivity contribution < 1.29 is 4.79 Å². The largest absolute Gasteiger partial charge is 0.298 e. The van der Waals surface area contributed by atoms with Crippen LogP contribution in [0.2, 0.25) is 0 Å². The zero-order valence-electron chi connectivity index (χ0n) is 10.5. The van der Waals surface area contributed by atoms with Crippen molar-refractivity contribution in [3.63, 3.8) is 0 Å². The number of carbonyl (C=O) groups excluding carboxylic acids is 1. The van der Waals surface area contributed by atoms with E-state index in [1.165, 1.54) is 12.8 Å². The molecule has 1 atom stereocenters. The molecule has 0 spiro atoms. The SMILES string of the molecule is CCCCN(CC(=O)C1CC1)C(C)CC. The van der Waals surface area contributed by atoms with Crippen LogP contribution in [0.1, 0.15) is 52.9 Å². The molecule has 0 heterocycles. The highest BCUT2D eigenvalue weighted by atomic mass is 16.1. The lowest BCUT2D eigenvalue weighted by atomic mass is 10.1. The highest BCUT2D eigenvalue weighted by Gasteiger charge is 2.30. The van der Waals surface area contributed by atoms with Crippen LogP contribution in [-0.4, -0.2) is 29.8 Å². The van der Waals surface area contributed by atoms with Gasteiger partial charge in [0.15, 0.2) is 0 Å². The molecule has 1 rings (SSSR count). The molecule has 1 aliphatic carbocycles. The summed E-state index contributed by atoms with van der Waals surface area (Å²) < 4.78 is 0. The van der Waals surface area contributed by atoms with Crippen LogP contribution in [0.15, 0.2) is 0 Å². The van der Waals surface area contributed by atoms with Crippen LogP contribution < -0.4 is 0 Å². The van der Waals surface area contributed by atoms with Gasteiger partial charge in [-0.15, -0.1) is 0 Å². The Hall–Kier alpha value is -0.370. The number of unbranched alkanes of at least 4 members (excludes halogenated alkanes) is 1. The molecule has 0 radical (unpaired) electrons. The zero-order valence-corrected chi connectivity index (χ0v) is 10.5. The van der Waals surface area contributed by atoms with Crippen LogP contribution in [0.3, 0.4) is 0 Å². The molecule has 2 heteroatoms. The van der Waals surface area contributed by atoms with Gasteiger partial charge in [0.1, 0.15) is 5.78 Å². The molecule has 15 heavy (non-hydrogen) atoms. The molecule has 1 saturated carbocycles. The van der Waals surface area contributed by atoms with Crippen molar-refractivity contribution in [2.24, 2.45) is 5.92 Å². The van der Waals surface area contributed by atoms with E-state index in [0.29, 0.717) is 24.3 Å². The summed E-state index contributed by atoms with van der Waals surface area (Å²) in [6.07, 6.45) is 5.84. The van der Waals surface area contributed by atoms with E-state index in [4.69, 9.17) is 0 Å². The minimum absolute atomic E-state index is 0.415. The molecule has 1 unspecified atom stereocenters. The average molecular weight is 211 g/mol. The van der Waals surface area contributed by atoms with Crippen LogP contribution in [0.25, 0.3) is 0 Å². The van der Waals surface area contributed by atoms with Gasteiger partial charge in [0.25, 0.3) is 0 Å². The lowest BCUT2D eigenvalue weighted by molar-refractivity contribution is -0.121. The number of hydrogen-bond acceptors (Lipinski definition) is 2. The maximum Gasteiger partial charge on any atom is 0.149 e. The van der Waals surface area contributed by atoms with Gasteiger partial charge in [0.2, 0.25) is 0 Å². The second-order valence-electron chi connectivity index (χ2n) is 4.82. The first kappa shape index (κ1) is 12.7. The maximum absolute atomic E-state index is 11.8. The van der Waals surface area contributed by atoms with Gasteiger partial charge in [-0.25, -0.2) is 0 Å². The van der Waals surface area contributed by atoms with E-state index in [2.05, 4.69) is 25.7 Å². The Balaban J connectivity index is 2.35. The fourth-order valence-electron chi connectivity index (χ4n) is 1.81. The molecule has 1 aliphatic rings. The van der Waals surface area contributed by atoms with E-state index in [1.807, 2.05) is 0 Å². The number of hydrogen-bond donors (Lipinski definition) is 0. The average Bonchev–Trinajstić information content (AvgIpc) is 3.06. The third-order valence-corrected chi connectivity index (χ3v) is 3.40. The van der Waals surface area contributed by atoms with Gasteiger partial charge in [-0.3, -0.25) is 9.69 Å². The molecule has 0 aromatic heterocycles. The number of Topliss-reactive ketones (excluding diaryl/α,β-unsaturated/α-hetero) is 1. The summed E-state index contributed by atoms with van der Waals surface area (Å²) >= 11 is 0. The lowest BCUT2D eigenvalue weighted by Crippen LogP contribution is -2.38. The third-order valence-electron chi connectivity index (χ3n) is 3.40. The van der Waals surface area contributed by atoms with Crippen molar-refractivity contribution in [2.45, 2.75) is 58.9 Å². The highest BCUT2D eigenvalue weighted by Crippen LogP contribution is 2.30. The van der Waals surface area contributed by atoms with Gasteiger partial charge in [0, 0.05) is 12.0 Å². The predicted octanol–water partition coefficient (Wildman–Crippen LogP) is 2.87. The molecule has 0 aromatic rings. The molecule has 0 bridgehead atoms. The van der Waals surface area contributed by atoms with E-state index >= 15 is 0 Å². The van der Waals surface area contributed by atoms with Gasteiger partial charge < -0.3 is 0 Å². The normalized spacial score (nSPS) is 18.1. The van der Waals surface area contributed by atoms with Crippen molar-refractivity contribution in [1.82, 2.24) is 4.90 Å².